The zero-order valence-corrected chi connectivity index (χ0v) is 15.6. The summed E-state index contributed by atoms with van der Waals surface area (Å²) in [6, 6.07) is 0.864. The molecule has 0 aliphatic carbocycles. The first-order valence-electron chi connectivity index (χ1n) is 5.50. The predicted octanol–water partition coefficient (Wildman–Crippen LogP) is 4.99. The van der Waals surface area contributed by atoms with Gasteiger partial charge in [-0.15, -0.1) is 44.3 Å². The van der Waals surface area contributed by atoms with Crippen molar-refractivity contribution in [2.24, 2.45) is 5.92 Å². The number of methoxy groups -OCH3 is 1. The maximum Gasteiger partial charge on any atom is 0.388 e. The van der Waals surface area contributed by atoms with Gasteiger partial charge in [0, 0.05) is 7.11 Å². The fourth-order valence-electron chi connectivity index (χ4n) is 1.59. The summed E-state index contributed by atoms with van der Waals surface area (Å²) in [6.45, 7) is 1.14. The minimum absolute atomic E-state index is 0.345. The first-order chi connectivity index (χ1) is 7.53. The largest absolute Gasteiger partial charge is 0.388 e. The molecule has 0 aromatic carbocycles. The lowest BCUT2D eigenvalue weighted by atomic mass is 10.1. The second-order valence-electron chi connectivity index (χ2n) is 4.55. The summed E-state index contributed by atoms with van der Waals surface area (Å²) in [7, 11) is 1.59. The quantitative estimate of drug-likeness (QED) is 0.346. The van der Waals surface area contributed by atoms with Crippen LogP contribution in [0.5, 0.6) is 0 Å². The molecule has 0 N–H and O–H groups in total. The van der Waals surface area contributed by atoms with Crippen LogP contribution in [0.2, 0.25) is 19.1 Å². The van der Waals surface area contributed by atoms with Gasteiger partial charge < -0.3 is 9.16 Å². The Hall–Kier alpha value is 1.51. The summed E-state index contributed by atoms with van der Waals surface area (Å²) in [5.41, 5.74) is 0. The minimum atomic E-state index is -2.58. The summed E-state index contributed by atoms with van der Waals surface area (Å²) in [4.78, 5) is 0. The molecule has 2 unspecified atom stereocenters. The van der Waals surface area contributed by atoms with Crippen LogP contribution in [0, 0.1) is 5.92 Å². The smallest absolute Gasteiger partial charge is 0.366 e. The van der Waals surface area contributed by atoms with Gasteiger partial charge in [0.1, 0.15) is 6.29 Å². The van der Waals surface area contributed by atoms with Gasteiger partial charge in [-0.05, 0) is 37.9 Å². The third-order valence-corrected chi connectivity index (χ3v) is 5.75. The Labute approximate surface area is 125 Å². The molecule has 2 atom stereocenters. The van der Waals surface area contributed by atoms with E-state index >= 15 is 0 Å². The van der Waals surface area contributed by atoms with Crippen molar-refractivity contribution in [2.75, 3.05) is 7.11 Å². The average Bonchev–Trinajstić information content (AvgIpc) is 2.07. The molecule has 17 heavy (non-hydrogen) atoms. The molecule has 0 aliphatic heterocycles. The van der Waals surface area contributed by atoms with Gasteiger partial charge in [-0.2, -0.15) is 0 Å². The van der Waals surface area contributed by atoms with E-state index in [9.17, 15) is 0 Å². The average molecular weight is 358 g/mol. The normalized spacial score (nSPS) is 16.9. The van der Waals surface area contributed by atoms with Gasteiger partial charge in [0.2, 0.25) is 6.69 Å². The Kier molecular flexibility index (Phi) is 8.66. The molecular formula is C9H20Cl4O2Si2. The van der Waals surface area contributed by atoms with E-state index in [1.54, 1.807) is 13.7 Å². The molecule has 0 radical (unpaired) electrons. The van der Waals surface area contributed by atoms with Crippen LogP contribution < -0.4 is 0 Å². The molecule has 0 rings (SSSR count). The molecule has 0 aliphatic rings. The summed E-state index contributed by atoms with van der Waals surface area (Å²) >= 11 is 24.0. The van der Waals surface area contributed by atoms with Crippen LogP contribution in [-0.4, -0.2) is 27.0 Å². The van der Waals surface area contributed by atoms with Crippen molar-refractivity contribution in [1.82, 2.24) is 0 Å². The highest BCUT2D eigenvalue weighted by Crippen LogP contribution is 2.28. The van der Waals surface area contributed by atoms with Crippen molar-refractivity contribution in [1.29, 1.82) is 0 Å². The number of halogens is 4. The van der Waals surface area contributed by atoms with Crippen LogP contribution in [0.3, 0.4) is 0 Å². The van der Waals surface area contributed by atoms with Crippen LogP contribution in [0.25, 0.3) is 0 Å². The molecule has 0 fully saturated rings. The minimum Gasteiger partial charge on any atom is -0.366 e. The first-order valence-corrected chi connectivity index (χ1v) is 14.7. The molecule has 0 heterocycles. The lowest BCUT2D eigenvalue weighted by Crippen LogP contribution is -2.29. The van der Waals surface area contributed by atoms with Crippen LogP contribution in [-0.2, 0) is 9.16 Å². The fraction of sp³-hybridized carbons (Fsp3) is 1.00. The van der Waals surface area contributed by atoms with Crippen molar-refractivity contribution < 1.29 is 9.16 Å². The topological polar surface area (TPSA) is 18.5 Å². The van der Waals surface area contributed by atoms with Crippen molar-refractivity contribution in [2.45, 2.75) is 45.2 Å². The zero-order chi connectivity index (χ0) is 13.7. The van der Waals surface area contributed by atoms with Crippen LogP contribution in [0.1, 0.15) is 19.8 Å². The number of hydrogen-bond acceptors (Lipinski definition) is 2. The summed E-state index contributed by atoms with van der Waals surface area (Å²) in [6.07, 6.45) is 1.33. The number of hydrogen-bond donors (Lipinski definition) is 0. The van der Waals surface area contributed by atoms with Crippen molar-refractivity contribution in [3.63, 3.8) is 0 Å². The Morgan fingerprint density at radius 3 is 1.94 bits per heavy atom. The molecule has 0 saturated heterocycles. The molecule has 0 aromatic rings. The molecule has 8 heteroatoms. The molecule has 0 spiro atoms. The highest BCUT2D eigenvalue weighted by molar-refractivity contribution is 7.44. The molecule has 2 nitrogen and oxygen atoms in total. The molecule has 0 bridgehead atoms. The van der Waals surface area contributed by atoms with Gasteiger partial charge in [0.25, 0.3) is 0 Å². The molecule has 0 amide bonds. The van der Waals surface area contributed by atoms with Gasteiger partial charge in [0.15, 0.2) is 0 Å². The van der Waals surface area contributed by atoms with Gasteiger partial charge >= 0.3 is 6.94 Å². The third kappa shape index (κ3) is 12.3. The van der Waals surface area contributed by atoms with E-state index in [1.807, 2.05) is 6.55 Å². The van der Waals surface area contributed by atoms with E-state index < -0.39 is 13.6 Å². The zero-order valence-electron chi connectivity index (χ0n) is 10.6. The van der Waals surface area contributed by atoms with Gasteiger partial charge in [-0.3, -0.25) is 0 Å². The fourth-order valence-corrected chi connectivity index (χ4v) is 5.87. The van der Waals surface area contributed by atoms with Gasteiger partial charge in [0.05, 0.1) is 0 Å². The standard InChI is InChI=1S/C9H20Cl4O2Si2/c1-8(7-16(3,10)11)5-6-9(14-2)15-17(4,12)13/h8-9H,5-7H2,1-4H3. The summed E-state index contributed by atoms with van der Waals surface area (Å²) < 4.78 is 10.7. The highest BCUT2D eigenvalue weighted by Gasteiger charge is 2.29. The van der Waals surface area contributed by atoms with E-state index in [0.717, 1.165) is 18.9 Å². The second-order valence-corrected chi connectivity index (χ2v) is 19.4. The Balaban J connectivity index is 3.99. The van der Waals surface area contributed by atoms with Crippen LogP contribution >= 0.6 is 44.3 Å². The maximum atomic E-state index is 6.09. The van der Waals surface area contributed by atoms with E-state index in [2.05, 4.69) is 6.92 Å². The van der Waals surface area contributed by atoms with Gasteiger partial charge in [-0.1, -0.05) is 6.92 Å². The molecule has 104 valence electrons. The maximum absolute atomic E-state index is 6.09. The number of ether oxygens (including phenoxy) is 1. The molecule has 0 saturated carbocycles. The SMILES string of the molecule is COC(CCC(C)C[Si](C)(Cl)Cl)O[Si](C)(Cl)Cl. The van der Waals surface area contributed by atoms with E-state index in [0.29, 0.717) is 5.92 Å². The van der Waals surface area contributed by atoms with E-state index in [-0.39, 0.29) is 6.29 Å². The summed E-state index contributed by atoms with van der Waals surface area (Å²) in [5, 5.41) is 0. The predicted molar refractivity (Wildman–Crippen MR) is 81.7 cm³/mol. The summed E-state index contributed by atoms with van der Waals surface area (Å²) in [5.74, 6) is 0.446. The van der Waals surface area contributed by atoms with Crippen molar-refractivity contribution in [3.05, 3.63) is 0 Å². The molecular weight excluding hydrogens is 338 g/mol. The van der Waals surface area contributed by atoms with Crippen LogP contribution in [0.4, 0.5) is 0 Å². The van der Waals surface area contributed by atoms with Crippen molar-refractivity contribution in [3.8, 4) is 0 Å². The lowest BCUT2D eigenvalue weighted by Gasteiger charge is -2.23. The van der Waals surface area contributed by atoms with E-state index in [4.69, 9.17) is 53.5 Å². The first kappa shape index (κ1) is 18.5. The lowest BCUT2D eigenvalue weighted by molar-refractivity contribution is -0.0624. The second kappa shape index (κ2) is 7.95. The number of rotatable bonds is 8. The monoisotopic (exact) mass is 356 g/mol. The molecule has 0 aromatic heterocycles. The van der Waals surface area contributed by atoms with Crippen LogP contribution in [0.15, 0.2) is 0 Å². The van der Waals surface area contributed by atoms with Crippen molar-refractivity contribution >= 4 is 57.9 Å². The highest BCUT2D eigenvalue weighted by atomic mass is 35.7. The Morgan fingerprint density at radius 2 is 1.59 bits per heavy atom. The van der Waals surface area contributed by atoms with Gasteiger partial charge in [-0.25, -0.2) is 0 Å². The third-order valence-electron chi connectivity index (χ3n) is 2.20. The Bertz CT molecular complexity index is 218. The van der Waals surface area contributed by atoms with E-state index in [1.165, 1.54) is 0 Å². The Morgan fingerprint density at radius 1 is 1.06 bits per heavy atom.